The third-order valence-corrected chi connectivity index (χ3v) is 4.38. The Labute approximate surface area is 85.7 Å². The molecule has 0 saturated heterocycles. The number of rotatable bonds is 2. The van der Waals surface area contributed by atoms with Crippen molar-refractivity contribution in [2.24, 2.45) is 35.5 Å². The van der Waals surface area contributed by atoms with Gasteiger partial charge in [-0.3, -0.25) is 4.79 Å². The van der Waals surface area contributed by atoms with Crippen LogP contribution in [0.25, 0.3) is 0 Å². The lowest BCUT2D eigenvalue weighted by molar-refractivity contribution is -0.139. The van der Waals surface area contributed by atoms with E-state index in [9.17, 15) is 4.79 Å². The minimum absolute atomic E-state index is 0.0140. The van der Waals surface area contributed by atoms with Crippen molar-refractivity contribution < 1.29 is 9.90 Å². The van der Waals surface area contributed by atoms with E-state index in [-0.39, 0.29) is 5.92 Å². The molecule has 1 N–H and O–H groups in total. The second-order valence-electron chi connectivity index (χ2n) is 5.48. The molecule has 0 spiro atoms. The molecule has 0 unspecified atom stereocenters. The van der Waals surface area contributed by atoms with Gasteiger partial charge in [-0.25, -0.2) is 0 Å². The summed E-state index contributed by atoms with van der Waals surface area (Å²) in [4.78, 5) is 11.0. The zero-order valence-corrected chi connectivity index (χ0v) is 9.23. The van der Waals surface area contributed by atoms with Gasteiger partial charge in [0.25, 0.3) is 0 Å². The quantitative estimate of drug-likeness (QED) is 0.737. The average molecular weight is 196 g/mol. The molecule has 2 nitrogen and oxygen atoms in total. The molecule has 0 heterocycles. The topological polar surface area (TPSA) is 37.3 Å². The zero-order chi connectivity index (χ0) is 10.5. The van der Waals surface area contributed by atoms with Crippen LogP contribution in [-0.2, 0) is 4.79 Å². The standard InChI is InChI=1S/C12H20O2/c1-6(2)8-5-4-7(3)9-10(8)11(9)12(13)14/h6-11H,4-5H2,1-3H3,(H,13,14)/t7-,8+,9+,10-,11-/m0/s1. The lowest BCUT2D eigenvalue weighted by atomic mass is 9.77. The number of hydrogen-bond acceptors (Lipinski definition) is 1. The first-order valence-electron chi connectivity index (χ1n) is 5.76. The largest absolute Gasteiger partial charge is 0.481 e. The van der Waals surface area contributed by atoms with Crippen molar-refractivity contribution in [1.29, 1.82) is 0 Å². The molecular formula is C12H20O2. The molecule has 2 rings (SSSR count). The van der Waals surface area contributed by atoms with E-state index in [4.69, 9.17) is 5.11 Å². The van der Waals surface area contributed by atoms with Gasteiger partial charge in [0, 0.05) is 0 Å². The van der Waals surface area contributed by atoms with Crippen molar-refractivity contribution in [3.8, 4) is 0 Å². The molecule has 2 aliphatic rings. The van der Waals surface area contributed by atoms with Crippen LogP contribution < -0.4 is 0 Å². The molecule has 0 aromatic rings. The summed E-state index contributed by atoms with van der Waals surface area (Å²) in [5.41, 5.74) is 0. The summed E-state index contributed by atoms with van der Waals surface area (Å²) in [7, 11) is 0. The van der Waals surface area contributed by atoms with E-state index in [1.807, 2.05) is 0 Å². The second-order valence-corrected chi connectivity index (χ2v) is 5.48. The molecule has 2 aliphatic carbocycles. The first-order valence-corrected chi connectivity index (χ1v) is 5.76. The molecule has 2 fully saturated rings. The van der Waals surface area contributed by atoms with Gasteiger partial charge in [-0.1, -0.05) is 27.2 Å². The van der Waals surface area contributed by atoms with Gasteiger partial charge in [0.05, 0.1) is 5.92 Å². The molecule has 0 aromatic heterocycles. The Kier molecular flexibility index (Phi) is 2.32. The second kappa shape index (κ2) is 3.25. The Morgan fingerprint density at radius 3 is 2.43 bits per heavy atom. The van der Waals surface area contributed by atoms with Gasteiger partial charge >= 0.3 is 5.97 Å². The summed E-state index contributed by atoms with van der Waals surface area (Å²) in [6.45, 7) is 6.68. The Hall–Kier alpha value is -0.530. The maximum absolute atomic E-state index is 11.0. The highest BCUT2D eigenvalue weighted by atomic mass is 16.4. The Balaban J connectivity index is 2.11. The summed E-state index contributed by atoms with van der Waals surface area (Å²) >= 11 is 0. The minimum Gasteiger partial charge on any atom is -0.481 e. The van der Waals surface area contributed by atoms with Crippen LogP contribution in [0.15, 0.2) is 0 Å². The Bertz CT molecular complexity index is 247. The van der Waals surface area contributed by atoms with E-state index in [1.54, 1.807) is 0 Å². The van der Waals surface area contributed by atoms with Crippen LogP contribution in [0.1, 0.15) is 33.6 Å². The third-order valence-electron chi connectivity index (χ3n) is 4.38. The van der Waals surface area contributed by atoms with E-state index in [1.165, 1.54) is 12.8 Å². The van der Waals surface area contributed by atoms with Gasteiger partial charge in [-0.05, 0) is 36.0 Å². The molecular weight excluding hydrogens is 176 g/mol. The van der Waals surface area contributed by atoms with Gasteiger partial charge < -0.3 is 5.11 Å². The molecule has 2 saturated carbocycles. The van der Waals surface area contributed by atoms with Crippen molar-refractivity contribution >= 4 is 5.97 Å². The van der Waals surface area contributed by atoms with Gasteiger partial charge in [-0.15, -0.1) is 0 Å². The predicted octanol–water partition coefficient (Wildman–Crippen LogP) is 2.64. The molecule has 5 atom stereocenters. The summed E-state index contributed by atoms with van der Waals surface area (Å²) in [6, 6.07) is 0. The van der Waals surface area contributed by atoms with Crippen molar-refractivity contribution in [3.05, 3.63) is 0 Å². The summed E-state index contributed by atoms with van der Waals surface area (Å²) in [5.74, 6) is 2.37. The number of hydrogen-bond donors (Lipinski definition) is 1. The summed E-state index contributed by atoms with van der Waals surface area (Å²) in [6.07, 6.45) is 2.47. The average Bonchev–Trinajstić information content (AvgIpc) is 2.79. The van der Waals surface area contributed by atoms with Gasteiger partial charge in [0.1, 0.15) is 0 Å². The van der Waals surface area contributed by atoms with Gasteiger partial charge in [-0.2, -0.15) is 0 Å². The predicted molar refractivity (Wildman–Crippen MR) is 54.8 cm³/mol. The first kappa shape index (κ1) is 10.0. The fraction of sp³-hybridized carbons (Fsp3) is 0.917. The van der Waals surface area contributed by atoms with Crippen LogP contribution in [0.3, 0.4) is 0 Å². The molecule has 0 aromatic carbocycles. The molecule has 0 aliphatic heterocycles. The van der Waals surface area contributed by atoms with Crippen LogP contribution in [0.5, 0.6) is 0 Å². The SMILES string of the molecule is CC(C)[C@H]1CC[C@H](C)[C@H]2[C@H](C(=O)O)[C@H]21. The summed E-state index contributed by atoms with van der Waals surface area (Å²) in [5, 5.41) is 9.10. The monoisotopic (exact) mass is 196 g/mol. The van der Waals surface area contributed by atoms with Crippen LogP contribution in [0, 0.1) is 35.5 Å². The Morgan fingerprint density at radius 1 is 1.29 bits per heavy atom. The molecule has 2 heteroatoms. The maximum atomic E-state index is 11.0. The number of carbonyl (C=O) groups is 1. The van der Waals surface area contributed by atoms with Crippen molar-refractivity contribution in [1.82, 2.24) is 0 Å². The first-order chi connectivity index (χ1) is 6.54. The van der Waals surface area contributed by atoms with Crippen LogP contribution in [0.4, 0.5) is 0 Å². The smallest absolute Gasteiger partial charge is 0.307 e. The van der Waals surface area contributed by atoms with Crippen molar-refractivity contribution in [2.45, 2.75) is 33.6 Å². The van der Waals surface area contributed by atoms with Gasteiger partial charge in [0.2, 0.25) is 0 Å². The van der Waals surface area contributed by atoms with Crippen LogP contribution in [-0.4, -0.2) is 11.1 Å². The number of fused-ring (bicyclic) bond motifs is 1. The third kappa shape index (κ3) is 1.35. The molecule has 0 bridgehead atoms. The lowest BCUT2D eigenvalue weighted by Crippen LogP contribution is -2.20. The van der Waals surface area contributed by atoms with E-state index in [0.717, 1.165) is 0 Å². The van der Waals surface area contributed by atoms with Gasteiger partial charge in [0.15, 0.2) is 0 Å². The van der Waals surface area contributed by atoms with E-state index in [0.29, 0.717) is 29.6 Å². The number of aliphatic carboxylic acids is 1. The normalized spacial score (nSPS) is 46.1. The fourth-order valence-electron chi connectivity index (χ4n) is 3.59. The molecule has 14 heavy (non-hydrogen) atoms. The van der Waals surface area contributed by atoms with E-state index < -0.39 is 5.97 Å². The lowest BCUT2D eigenvalue weighted by Gasteiger charge is -2.28. The maximum Gasteiger partial charge on any atom is 0.307 e. The van der Waals surface area contributed by atoms with Crippen molar-refractivity contribution in [2.75, 3.05) is 0 Å². The van der Waals surface area contributed by atoms with E-state index in [2.05, 4.69) is 20.8 Å². The highest BCUT2D eigenvalue weighted by Crippen LogP contribution is 2.62. The number of carboxylic acid groups (broad SMARTS) is 1. The Morgan fingerprint density at radius 2 is 1.93 bits per heavy atom. The molecule has 0 radical (unpaired) electrons. The molecule has 80 valence electrons. The molecule has 0 amide bonds. The van der Waals surface area contributed by atoms with Crippen LogP contribution in [0.2, 0.25) is 0 Å². The van der Waals surface area contributed by atoms with Crippen molar-refractivity contribution in [3.63, 3.8) is 0 Å². The number of carboxylic acids is 1. The van der Waals surface area contributed by atoms with Crippen LogP contribution >= 0.6 is 0 Å². The highest BCUT2D eigenvalue weighted by molar-refractivity contribution is 5.74. The minimum atomic E-state index is -0.556. The highest BCUT2D eigenvalue weighted by Gasteiger charge is 2.62. The van der Waals surface area contributed by atoms with E-state index >= 15 is 0 Å². The fourth-order valence-corrected chi connectivity index (χ4v) is 3.59. The zero-order valence-electron chi connectivity index (χ0n) is 9.23. The summed E-state index contributed by atoms with van der Waals surface area (Å²) < 4.78 is 0.